The molecule has 24 atom stereocenters. The molecule has 0 amide bonds. The monoisotopic (exact) mass is 1640 g/mol. The fraction of sp³-hybridized carbons (Fsp3) is 0.880. The minimum absolute atomic E-state index is 0. The molecule has 10 N–H and O–H groups in total. The van der Waals surface area contributed by atoms with Crippen molar-refractivity contribution in [2.75, 3.05) is 33.0 Å². The predicted molar refractivity (Wildman–Crippen MR) is 361 cm³/mol. The summed E-state index contributed by atoms with van der Waals surface area (Å²) in [5.74, 6) is 0.950. The van der Waals surface area contributed by atoms with Crippen LogP contribution in [0.2, 0.25) is 0 Å². The molecule has 7 saturated heterocycles. The molecule has 7 aliphatic heterocycles. The number of hydrogen-bond acceptors (Lipinski definition) is 24. The summed E-state index contributed by atoms with van der Waals surface area (Å²) in [7, 11) is 12.2. The Kier molecular flexibility index (Phi) is 50.2. The van der Waals surface area contributed by atoms with E-state index in [9.17, 15) is 33.1 Å². The van der Waals surface area contributed by atoms with Crippen molar-refractivity contribution in [1.29, 1.82) is 0 Å². The third-order valence-electron chi connectivity index (χ3n) is 13.8. The van der Waals surface area contributed by atoms with E-state index in [-0.39, 0.29) is 152 Å². The molecule has 0 aromatic carbocycles. The zero-order valence-corrected chi connectivity index (χ0v) is 65.6. The van der Waals surface area contributed by atoms with Gasteiger partial charge in [-0.2, -0.15) is 8.62 Å². The van der Waals surface area contributed by atoms with E-state index in [0.29, 0.717) is 30.6 Å². The number of rotatable bonds is 19. The van der Waals surface area contributed by atoms with Crippen molar-refractivity contribution in [3.63, 3.8) is 0 Å². The van der Waals surface area contributed by atoms with Gasteiger partial charge in [-0.1, -0.05) is 117 Å². The number of hydrogen-bond donors (Lipinski definition) is 10. The zero-order chi connectivity index (χ0) is 72.1. The second-order valence-electron chi connectivity index (χ2n) is 22.8. The van der Waals surface area contributed by atoms with Crippen LogP contribution in [0.5, 0.6) is 0 Å². The maximum atomic E-state index is 12.7. The quantitative estimate of drug-likeness (QED) is 0.0290. The molecule has 0 bridgehead atoms. The summed E-state index contributed by atoms with van der Waals surface area (Å²) < 4.78 is 105. The zero-order valence-electron chi connectivity index (χ0n) is 54.5. The largest absolute Gasteiger partial charge is 2.00 e. The van der Waals surface area contributed by atoms with Crippen LogP contribution < -0.4 is 17.0 Å². The normalized spacial score (nSPS) is 34.6. The molecule has 7 fully saturated rings. The van der Waals surface area contributed by atoms with Gasteiger partial charge >= 0.3 is 54.3 Å². The number of halogens is 7. The summed E-state index contributed by atoms with van der Waals surface area (Å²) >= 11 is 33.4. The summed E-state index contributed by atoms with van der Waals surface area (Å²) in [6.07, 6.45) is -0.526. The fourth-order valence-electron chi connectivity index (χ4n) is 9.58. The number of Topliss-reactive ketones (excluding diaryl/α,β-unsaturated/α-hetero) is 1. The molecule has 28 nitrogen and oxygen atoms in total. The van der Waals surface area contributed by atoms with Crippen LogP contribution in [-0.4, -0.2) is 270 Å². The first-order valence-electron chi connectivity index (χ1n) is 28.8. The average Bonchev–Trinajstić information content (AvgIpc) is 1.81. The van der Waals surface area contributed by atoms with Crippen LogP contribution in [0.1, 0.15) is 100 Å². The Hall–Kier alpha value is 2.21. The molecule has 7 heterocycles. The molecule has 544 valence electrons. The molecular weight excluding hydrogens is 1550 g/mol. The molecule has 10 unspecified atom stereocenters. The smallest absolute Gasteiger partial charge is 1.00 e. The molecule has 0 saturated carbocycles. The number of aliphatic hydroxyl groups is 6. The molecule has 46 heteroatoms. The summed E-state index contributed by atoms with van der Waals surface area (Å²) in [5.41, 5.74) is 0. The van der Waals surface area contributed by atoms with Gasteiger partial charge < -0.3 is 112 Å². The van der Waals surface area contributed by atoms with Gasteiger partial charge in [-0.15, -0.1) is 0 Å². The average molecular weight is 1640 g/mol. The maximum Gasteiger partial charge on any atom is 2.00 e. The first-order chi connectivity index (χ1) is 42.3. The van der Waals surface area contributed by atoms with Crippen molar-refractivity contribution >= 4 is 177 Å². The van der Waals surface area contributed by atoms with Gasteiger partial charge in [0.25, 0.3) is 0 Å². The van der Waals surface area contributed by atoms with E-state index < -0.39 is 106 Å². The molecule has 12 radical (unpaired) electrons. The van der Waals surface area contributed by atoms with Gasteiger partial charge in [0.05, 0.1) is 62.5 Å². The van der Waals surface area contributed by atoms with Crippen LogP contribution in [-0.2, 0) is 82.9 Å². The molecule has 0 spiro atoms. The number of ether oxygens (including phenoxy) is 7. The second-order valence-corrected chi connectivity index (χ2v) is 33.8. The minimum Gasteiger partial charge on any atom is -1.00 e. The SMILES string of the molecule is C=C(OP(=O)(O)OP(=O)(O)OP(=O)(O)O)[C@H]1O[C@@H](C)CC1O.[B][C@H]1CC(C)[C@@H](C(=C)OP(=O)(OCC(Cl)(Cl)Cl)OCC(Cl)(Cl)Cl)O1.[B][C@H]1CC(C)[C@@H](C(C)=O)O1.[B][C@H]1CC(C)[C@@H](C(C)O)O1.[B][C@H]1CC(C)[C@@H](CO)O1.[B][C@H]1CC(C)[C@@H](CO)O1.[B][C@H]1CC(O)[C@@H](CO)O1.[Br-].[CH3-].[Mg+2]. The van der Waals surface area contributed by atoms with E-state index in [2.05, 4.69) is 26.3 Å². The Bertz CT molecular complexity index is 2390. The van der Waals surface area contributed by atoms with E-state index >= 15 is 0 Å². The molecule has 0 aromatic rings. The first kappa shape index (κ1) is 102. The molecule has 7 rings (SSSR count). The third-order valence-corrected chi connectivity index (χ3v) is 19.6. The number of phosphoric acid groups is 4. The van der Waals surface area contributed by atoms with Crippen molar-refractivity contribution < 1.29 is 150 Å². The molecule has 7 aliphatic rings. The van der Waals surface area contributed by atoms with E-state index in [0.717, 1.165) is 25.7 Å². The van der Waals surface area contributed by atoms with Gasteiger partial charge in [0, 0.05) is 42.4 Å². The Morgan fingerprint density at radius 1 is 0.531 bits per heavy atom. The van der Waals surface area contributed by atoms with Crippen molar-refractivity contribution in [1.82, 2.24) is 0 Å². The Morgan fingerprint density at radius 2 is 0.896 bits per heavy atom. The molecule has 0 aliphatic carbocycles. The first-order valence-corrected chi connectivity index (χ1v) is 37.0. The van der Waals surface area contributed by atoms with Crippen LogP contribution in [0.4, 0.5) is 0 Å². The predicted octanol–water partition coefficient (Wildman–Crippen LogP) is 1.97. The van der Waals surface area contributed by atoms with Crippen LogP contribution in [0, 0.1) is 37.0 Å². The topological polar surface area (TPSA) is 408 Å². The van der Waals surface area contributed by atoms with Gasteiger partial charge in [0.15, 0.2) is 5.78 Å². The molecular formula is C50H87B6BrCl6MgO28P4. The van der Waals surface area contributed by atoms with Crippen LogP contribution >= 0.6 is 101 Å². The van der Waals surface area contributed by atoms with E-state index in [1.165, 1.54) is 0 Å². The summed E-state index contributed by atoms with van der Waals surface area (Å²) in [6, 6.07) is -1.61. The number of phosphoric ester groups is 2. The molecule has 0 aromatic heterocycles. The van der Waals surface area contributed by atoms with Gasteiger partial charge in [-0.05, 0) is 88.9 Å². The van der Waals surface area contributed by atoms with Crippen molar-refractivity contribution in [3.05, 3.63) is 32.1 Å². The van der Waals surface area contributed by atoms with Crippen LogP contribution in [0.3, 0.4) is 0 Å². The number of aliphatic hydroxyl groups excluding tert-OH is 6. The van der Waals surface area contributed by atoms with Gasteiger partial charge in [-0.3, -0.25) is 18.7 Å². The number of ketones is 1. The van der Waals surface area contributed by atoms with E-state index in [4.69, 9.17) is 204 Å². The summed E-state index contributed by atoms with van der Waals surface area (Å²) in [5, 5.41) is 53.6. The van der Waals surface area contributed by atoms with Gasteiger partial charge in [-0.25, -0.2) is 18.3 Å². The third kappa shape index (κ3) is 41.9. The Balaban J connectivity index is -0.00000109. The van der Waals surface area contributed by atoms with Crippen LogP contribution in [0.25, 0.3) is 0 Å². The summed E-state index contributed by atoms with van der Waals surface area (Å²) in [6.45, 7) is 20.6. The Morgan fingerprint density at radius 3 is 1.15 bits per heavy atom. The maximum absolute atomic E-state index is 12.7. The van der Waals surface area contributed by atoms with Crippen molar-refractivity contribution in [3.8, 4) is 0 Å². The van der Waals surface area contributed by atoms with Gasteiger partial charge in [0.2, 0.25) is 7.59 Å². The van der Waals surface area contributed by atoms with Crippen molar-refractivity contribution in [2.45, 2.75) is 211 Å². The van der Waals surface area contributed by atoms with Gasteiger partial charge in [0.1, 0.15) is 96.2 Å². The molecule has 96 heavy (non-hydrogen) atoms. The van der Waals surface area contributed by atoms with Crippen molar-refractivity contribution in [2.24, 2.45) is 29.6 Å². The number of alkyl halides is 6. The minimum atomic E-state index is -5.60. The van der Waals surface area contributed by atoms with E-state index in [1.807, 2.05) is 34.6 Å². The summed E-state index contributed by atoms with van der Waals surface area (Å²) in [4.78, 5) is 45.8. The Labute approximate surface area is 628 Å². The van der Waals surface area contributed by atoms with E-state index in [1.54, 1.807) is 20.8 Å². The number of carbonyl (C=O) groups is 1. The number of carbonyl (C=O) groups excluding carboxylic acids is 1. The standard InChI is InChI=1S/C11H14BCl6O5P.C7H13BO2.C7H11BO2.C7H15O12P3.2C6H11BO2.C5H9BO3.CH3.BrH.Mg/c1-6-3-8(12)22-9(6)7(2)23-24(19,20-4-10(13,14)15)21-5-11(16,17)18;2*1-4-3-6(8)10-7(4)5(2)9;1-4-3-6(8)7(16-4)5(2)17-21(12,13)19-22(14,15)18-20(9,10)11;2*1-4-2-6(7)9-5(4)3-8;6-5-1-3(8)4(2-7)9-5;;;/h6,8-9H,2-5H2,1H3;4-7,9H,3H2,1-2H3;4,6-7H,3H2,1-2H3;4,6-8H,2-3H2,1H3,(H,12,13)(H,14,15)(H2,9,10,11);2*4-6,8H,2-3H2,1H3;3-5,7-8H,1-2H2;1H3;1H;/q;;;;;;;-1;;+2/p-1/t6?,8-,9+;4?,5?,6-,7+;4?,6-,7+;4-,6?,7+;2*4?,5-,6-;3?,4-,5-;;;/m1110111.../s1. The van der Waals surface area contributed by atoms with Crippen LogP contribution in [0.15, 0.2) is 24.7 Å². The second kappa shape index (κ2) is 47.1. The fourth-order valence-corrected chi connectivity index (χ4v) is 14.7.